The summed E-state index contributed by atoms with van der Waals surface area (Å²) in [5.41, 5.74) is 6.80. The highest BCUT2D eigenvalue weighted by Crippen LogP contribution is 2.22. The van der Waals surface area contributed by atoms with Gasteiger partial charge < -0.3 is 15.0 Å². The number of hydrogen-bond acceptors (Lipinski definition) is 4. The molecule has 0 spiro atoms. The Morgan fingerprint density at radius 2 is 2.33 bits per heavy atom. The number of nitrogens with zero attached hydrogens (tertiary/aromatic N) is 3. The molecule has 0 aliphatic carbocycles. The van der Waals surface area contributed by atoms with Crippen LogP contribution < -0.4 is 10.5 Å². The summed E-state index contributed by atoms with van der Waals surface area (Å²) in [6.45, 7) is 0.501. The van der Waals surface area contributed by atoms with Crippen molar-refractivity contribution in [3.63, 3.8) is 0 Å². The molecule has 0 amide bonds. The molecule has 1 heterocycles. The summed E-state index contributed by atoms with van der Waals surface area (Å²) in [7, 11) is 1.94. The summed E-state index contributed by atoms with van der Waals surface area (Å²) in [5, 5.41) is 8.73. The second-order valence-electron chi connectivity index (χ2n) is 3.92. The highest BCUT2D eigenvalue weighted by Gasteiger charge is 2.03. The molecule has 0 aliphatic heterocycles. The van der Waals surface area contributed by atoms with E-state index in [1.165, 1.54) is 0 Å². The van der Waals surface area contributed by atoms with E-state index in [0.29, 0.717) is 30.0 Å². The van der Waals surface area contributed by atoms with Gasteiger partial charge in [0, 0.05) is 25.9 Å². The molecule has 0 fully saturated rings. The maximum atomic E-state index is 8.73. The van der Waals surface area contributed by atoms with E-state index >= 15 is 0 Å². The first kappa shape index (κ1) is 12.0. The third kappa shape index (κ3) is 2.61. The molecule has 1 aromatic carbocycles. The minimum atomic E-state index is 0.480. The maximum absolute atomic E-state index is 8.73. The van der Waals surface area contributed by atoms with Gasteiger partial charge in [-0.3, -0.25) is 0 Å². The Kier molecular flexibility index (Phi) is 3.49. The number of nitriles is 1. The van der Waals surface area contributed by atoms with Crippen molar-refractivity contribution in [2.45, 2.75) is 6.42 Å². The number of imidazole rings is 1. The van der Waals surface area contributed by atoms with Crippen molar-refractivity contribution >= 4 is 5.69 Å². The van der Waals surface area contributed by atoms with E-state index in [2.05, 4.69) is 4.98 Å². The molecule has 18 heavy (non-hydrogen) atoms. The van der Waals surface area contributed by atoms with Crippen molar-refractivity contribution in [2.24, 2.45) is 7.05 Å². The van der Waals surface area contributed by atoms with Gasteiger partial charge in [0.1, 0.15) is 11.6 Å². The van der Waals surface area contributed by atoms with Crippen molar-refractivity contribution in [3.8, 4) is 11.8 Å². The number of nitrogens with two attached hydrogens (primary N) is 1. The summed E-state index contributed by atoms with van der Waals surface area (Å²) in [4.78, 5) is 4.21. The van der Waals surface area contributed by atoms with E-state index in [9.17, 15) is 0 Å². The highest BCUT2D eigenvalue weighted by molar-refractivity contribution is 5.56. The largest absolute Gasteiger partial charge is 0.491 e. The molecule has 5 nitrogen and oxygen atoms in total. The van der Waals surface area contributed by atoms with Crippen LogP contribution in [-0.2, 0) is 13.5 Å². The molecule has 1 aromatic heterocycles. The molecule has 0 radical (unpaired) electrons. The Morgan fingerprint density at radius 1 is 1.50 bits per heavy atom. The van der Waals surface area contributed by atoms with Gasteiger partial charge in [-0.25, -0.2) is 4.98 Å². The standard InChI is InChI=1S/C13H14N4O/c1-17-6-5-16-13(17)4-7-18-12-3-2-10(9-14)8-11(12)15/h2-3,5-6,8H,4,7,15H2,1H3. The Morgan fingerprint density at radius 3 is 2.94 bits per heavy atom. The average molecular weight is 242 g/mol. The van der Waals surface area contributed by atoms with Crippen LogP contribution in [0.4, 0.5) is 5.69 Å². The molecule has 0 unspecified atom stereocenters. The zero-order valence-corrected chi connectivity index (χ0v) is 10.1. The second kappa shape index (κ2) is 5.23. The predicted molar refractivity (Wildman–Crippen MR) is 68.0 cm³/mol. The zero-order chi connectivity index (χ0) is 13.0. The molecule has 2 rings (SSSR count). The Hall–Kier alpha value is -2.48. The van der Waals surface area contributed by atoms with Crippen LogP contribution in [0.2, 0.25) is 0 Å². The zero-order valence-electron chi connectivity index (χ0n) is 10.1. The first-order valence-corrected chi connectivity index (χ1v) is 5.59. The van der Waals surface area contributed by atoms with Gasteiger partial charge in [0.05, 0.1) is 23.9 Å². The summed E-state index contributed by atoms with van der Waals surface area (Å²) >= 11 is 0. The fraction of sp³-hybridized carbons (Fsp3) is 0.231. The lowest BCUT2D eigenvalue weighted by Gasteiger charge is -2.08. The average Bonchev–Trinajstić information content (AvgIpc) is 2.77. The molecule has 5 heteroatoms. The van der Waals surface area contributed by atoms with Crippen LogP contribution in [0, 0.1) is 11.3 Å². The number of nitrogen functional groups attached to an aromatic ring is 1. The molecule has 0 saturated heterocycles. The number of anilines is 1. The fourth-order valence-corrected chi connectivity index (χ4v) is 1.64. The SMILES string of the molecule is Cn1ccnc1CCOc1ccc(C#N)cc1N. The summed E-state index contributed by atoms with van der Waals surface area (Å²) < 4.78 is 7.53. The van der Waals surface area contributed by atoms with E-state index in [4.69, 9.17) is 15.7 Å². The van der Waals surface area contributed by atoms with Crippen LogP contribution in [0.15, 0.2) is 30.6 Å². The number of aryl methyl sites for hydroxylation is 1. The van der Waals surface area contributed by atoms with Crippen molar-refractivity contribution in [3.05, 3.63) is 42.0 Å². The van der Waals surface area contributed by atoms with Crippen molar-refractivity contribution in [2.75, 3.05) is 12.3 Å². The molecule has 0 atom stereocenters. The van der Waals surface area contributed by atoms with Crippen LogP contribution >= 0.6 is 0 Å². The quantitative estimate of drug-likeness (QED) is 0.824. The molecular formula is C13H14N4O. The van der Waals surface area contributed by atoms with E-state index in [0.717, 1.165) is 5.82 Å². The minimum Gasteiger partial charge on any atom is -0.491 e. The molecule has 0 aliphatic rings. The smallest absolute Gasteiger partial charge is 0.142 e. The minimum absolute atomic E-state index is 0.480. The third-order valence-electron chi connectivity index (χ3n) is 2.64. The molecule has 0 saturated carbocycles. The van der Waals surface area contributed by atoms with Crippen LogP contribution in [0.25, 0.3) is 0 Å². The lowest BCUT2D eigenvalue weighted by molar-refractivity contribution is 0.319. The van der Waals surface area contributed by atoms with Gasteiger partial charge >= 0.3 is 0 Å². The fourth-order valence-electron chi connectivity index (χ4n) is 1.64. The normalized spacial score (nSPS) is 10.0. The molecular weight excluding hydrogens is 228 g/mol. The molecule has 2 aromatic rings. The third-order valence-corrected chi connectivity index (χ3v) is 2.64. The van der Waals surface area contributed by atoms with E-state index < -0.39 is 0 Å². The van der Waals surface area contributed by atoms with Crippen molar-refractivity contribution in [1.82, 2.24) is 9.55 Å². The number of benzene rings is 1. The lowest BCUT2D eigenvalue weighted by Crippen LogP contribution is -2.07. The second-order valence-corrected chi connectivity index (χ2v) is 3.92. The molecule has 0 bridgehead atoms. The van der Waals surface area contributed by atoms with Crippen molar-refractivity contribution in [1.29, 1.82) is 5.26 Å². The molecule has 92 valence electrons. The Balaban J connectivity index is 1.95. The van der Waals surface area contributed by atoms with Crippen LogP contribution in [-0.4, -0.2) is 16.2 Å². The monoisotopic (exact) mass is 242 g/mol. The highest BCUT2D eigenvalue weighted by atomic mass is 16.5. The number of ether oxygens (including phenoxy) is 1. The van der Waals surface area contributed by atoms with Crippen molar-refractivity contribution < 1.29 is 4.74 Å². The van der Waals surface area contributed by atoms with E-state index in [1.807, 2.05) is 23.9 Å². The van der Waals surface area contributed by atoms with Gasteiger partial charge in [0.2, 0.25) is 0 Å². The van der Waals surface area contributed by atoms with Gasteiger partial charge in [0.15, 0.2) is 0 Å². The topological polar surface area (TPSA) is 76.9 Å². The lowest BCUT2D eigenvalue weighted by atomic mass is 10.2. The number of aromatic nitrogens is 2. The maximum Gasteiger partial charge on any atom is 0.142 e. The first-order valence-electron chi connectivity index (χ1n) is 5.59. The first-order chi connectivity index (χ1) is 8.70. The van der Waals surface area contributed by atoms with E-state index in [-0.39, 0.29) is 0 Å². The van der Waals surface area contributed by atoms with Crippen LogP contribution in [0.3, 0.4) is 0 Å². The van der Waals surface area contributed by atoms with Gasteiger partial charge in [-0.05, 0) is 18.2 Å². The van der Waals surface area contributed by atoms with Crippen LogP contribution in [0.1, 0.15) is 11.4 Å². The summed E-state index contributed by atoms with van der Waals surface area (Å²) in [6.07, 6.45) is 4.36. The Labute approximate surface area is 105 Å². The number of hydrogen-bond donors (Lipinski definition) is 1. The van der Waals surface area contributed by atoms with Gasteiger partial charge in [-0.1, -0.05) is 0 Å². The Bertz CT molecular complexity index is 583. The van der Waals surface area contributed by atoms with Gasteiger partial charge in [-0.15, -0.1) is 0 Å². The summed E-state index contributed by atoms with van der Waals surface area (Å²) in [5.74, 6) is 1.56. The van der Waals surface area contributed by atoms with E-state index in [1.54, 1.807) is 24.4 Å². The summed E-state index contributed by atoms with van der Waals surface area (Å²) in [6, 6.07) is 7.04. The molecule has 2 N–H and O–H groups in total. The van der Waals surface area contributed by atoms with Crippen LogP contribution in [0.5, 0.6) is 5.75 Å². The number of rotatable bonds is 4. The predicted octanol–water partition coefficient (Wildman–Crippen LogP) is 1.50. The van der Waals surface area contributed by atoms with Gasteiger partial charge in [-0.2, -0.15) is 5.26 Å². The van der Waals surface area contributed by atoms with Gasteiger partial charge in [0.25, 0.3) is 0 Å².